The molecule has 2 rings (SSSR count). The first-order valence-corrected chi connectivity index (χ1v) is 7.89. The predicted molar refractivity (Wildman–Crippen MR) is 98.9 cm³/mol. The van der Waals surface area contributed by atoms with Crippen molar-refractivity contribution in [2.45, 2.75) is 26.3 Å². The van der Waals surface area contributed by atoms with Crippen molar-refractivity contribution in [3.05, 3.63) is 35.9 Å². The fourth-order valence-electron chi connectivity index (χ4n) is 3.07. The van der Waals surface area contributed by atoms with E-state index in [0.717, 1.165) is 18.7 Å². The van der Waals surface area contributed by atoms with Crippen molar-refractivity contribution >= 4 is 36.7 Å². The summed E-state index contributed by atoms with van der Waals surface area (Å²) in [5.41, 5.74) is 0.968. The lowest BCUT2D eigenvalue weighted by atomic mass is 10.0. The van der Waals surface area contributed by atoms with Gasteiger partial charge in [-0.1, -0.05) is 44.2 Å². The minimum Gasteiger partial charge on any atom is -0.481 e. The molecule has 136 valence electrons. The van der Waals surface area contributed by atoms with Gasteiger partial charge in [0.1, 0.15) is 6.04 Å². The number of hydrogen-bond acceptors (Lipinski definition) is 3. The molecule has 0 bridgehead atoms. The molecule has 1 aromatic carbocycles. The Balaban J connectivity index is 0.00000264. The highest BCUT2D eigenvalue weighted by molar-refractivity contribution is 5.86. The van der Waals surface area contributed by atoms with E-state index in [1.54, 1.807) is 4.90 Å². The highest BCUT2D eigenvalue weighted by Crippen LogP contribution is 2.26. The van der Waals surface area contributed by atoms with Gasteiger partial charge in [-0.25, -0.2) is 0 Å². The van der Waals surface area contributed by atoms with Gasteiger partial charge in [0.05, 0.1) is 5.92 Å². The van der Waals surface area contributed by atoms with Crippen LogP contribution in [0.5, 0.6) is 0 Å². The number of rotatable bonds is 6. The molecule has 1 N–H and O–H groups in total. The number of carboxylic acids is 1. The molecule has 1 fully saturated rings. The van der Waals surface area contributed by atoms with Gasteiger partial charge in [0.15, 0.2) is 0 Å². The second kappa shape index (κ2) is 10.5. The summed E-state index contributed by atoms with van der Waals surface area (Å²) in [6.45, 7) is 6.47. The van der Waals surface area contributed by atoms with E-state index in [0.29, 0.717) is 19.5 Å². The number of hydrogen-bond donors (Lipinski definition) is 1. The molecule has 5 nitrogen and oxygen atoms in total. The lowest BCUT2D eigenvalue weighted by molar-refractivity contribution is -0.141. The number of carboxylic acid groups (broad SMARTS) is 1. The Hall–Kier alpha value is -1.30. The fourth-order valence-corrected chi connectivity index (χ4v) is 3.07. The van der Waals surface area contributed by atoms with Gasteiger partial charge in [0, 0.05) is 13.1 Å². The standard InChI is InChI=1S/C17H24N2O3.2ClH/c1-3-18(4-2)15(13-8-6-5-7-9-13)16(20)19-11-10-14(12-19)17(21)22;;/h5-9,14-15H,3-4,10-12H2,1-2H3,(H,21,22);2*1H. The topological polar surface area (TPSA) is 60.9 Å². The number of likely N-dealkylation sites (tertiary alicyclic amines) is 1. The van der Waals surface area contributed by atoms with E-state index in [-0.39, 0.29) is 36.8 Å². The zero-order valence-electron chi connectivity index (χ0n) is 14.1. The summed E-state index contributed by atoms with van der Waals surface area (Å²) in [6, 6.07) is 9.40. The van der Waals surface area contributed by atoms with Crippen LogP contribution < -0.4 is 0 Å². The highest BCUT2D eigenvalue weighted by atomic mass is 35.5. The molecule has 1 aromatic rings. The molecule has 0 saturated carbocycles. The van der Waals surface area contributed by atoms with Crippen LogP contribution in [0.2, 0.25) is 0 Å². The average Bonchev–Trinajstić information content (AvgIpc) is 3.03. The number of likely N-dealkylation sites (N-methyl/N-ethyl adjacent to an activating group) is 1. The molecular formula is C17H26Cl2N2O3. The van der Waals surface area contributed by atoms with Crippen molar-refractivity contribution in [1.82, 2.24) is 9.80 Å². The van der Waals surface area contributed by atoms with Gasteiger partial charge in [-0.2, -0.15) is 0 Å². The largest absolute Gasteiger partial charge is 0.481 e. The molecule has 0 spiro atoms. The van der Waals surface area contributed by atoms with Crippen LogP contribution in [0, 0.1) is 5.92 Å². The van der Waals surface area contributed by atoms with Gasteiger partial charge < -0.3 is 10.0 Å². The number of amides is 1. The molecule has 1 aliphatic rings. The van der Waals surface area contributed by atoms with Gasteiger partial charge in [0.25, 0.3) is 0 Å². The van der Waals surface area contributed by atoms with Gasteiger partial charge in [0.2, 0.25) is 5.91 Å². The van der Waals surface area contributed by atoms with Crippen molar-refractivity contribution in [3.8, 4) is 0 Å². The van der Waals surface area contributed by atoms with Crippen molar-refractivity contribution in [1.29, 1.82) is 0 Å². The van der Waals surface area contributed by atoms with E-state index in [4.69, 9.17) is 5.11 Å². The zero-order chi connectivity index (χ0) is 16.1. The third-order valence-corrected chi connectivity index (χ3v) is 4.38. The van der Waals surface area contributed by atoms with Crippen molar-refractivity contribution in [2.75, 3.05) is 26.2 Å². The third-order valence-electron chi connectivity index (χ3n) is 4.38. The Kier molecular flexibility index (Phi) is 9.97. The van der Waals surface area contributed by atoms with E-state index in [9.17, 15) is 9.59 Å². The van der Waals surface area contributed by atoms with Crippen LogP contribution in [0.15, 0.2) is 30.3 Å². The number of carbonyl (C=O) groups excluding carboxylic acids is 1. The lowest BCUT2D eigenvalue weighted by Gasteiger charge is -2.32. The van der Waals surface area contributed by atoms with Crippen molar-refractivity contribution < 1.29 is 14.7 Å². The molecule has 0 aromatic heterocycles. The minimum atomic E-state index is -0.811. The Morgan fingerprint density at radius 3 is 2.25 bits per heavy atom. The lowest BCUT2D eigenvalue weighted by Crippen LogP contribution is -2.42. The van der Waals surface area contributed by atoms with Gasteiger partial charge in [-0.05, 0) is 25.1 Å². The second-order valence-electron chi connectivity index (χ2n) is 5.64. The molecule has 2 atom stereocenters. The maximum Gasteiger partial charge on any atom is 0.308 e. The molecule has 1 aliphatic heterocycles. The van der Waals surface area contributed by atoms with Crippen LogP contribution in [-0.4, -0.2) is 53.0 Å². The fraction of sp³-hybridized carbons (Fsp3) is 0.529. The quantitative estimate of drug-likeness (QED) is 0.828. The van der Waals surface area contributed by atoms with Crippen LogP contribution in [0.4, 0.5) is 0 Å². The zero-order valence-corrected chi connectivity index (χ0v) is 15.7. The van der Waals surface area contributed by atoms with E-state index in [1.807, 2.05) is 44.2 Å². The summed E-state index contributed by atoms with van der Waals surface area (Å²) in [4.78, 5) is 27.9. The number of aliphatic carboxylic acids is 1. The number of carbonyl (C=O) groups is 2. The molecule has 2 unspecified atom stereocenters. The van der Waals surface area contributed by atoms with Gasteiger partial charge >= 0.3 is 5.97 Å². The Morgan fingerprint density at radius 1 is 1.21 bits per heavy atom. The number of halogens is 2. The maximum absolute atomic E-state index is 13.0. The van der Waals surface area contributed by atoms with Crippen LogP contribution in [-0.2, 0) is 9.59 Å². The molecular weight excluding hydrogens is 351 g/mol. The molecule has 0 aliphatic carbocycles. The third kappa shape index (κ3) is 5.10. The molecule has 7 heteroatoms. The summed E-state index contributed by atoms with van der Waals surface area (Å²) in [5.74, 6) is -1.23. The molecule has 1 heterocycles. The minimum absolute atomic E-state index is 0. The first-order chi connectivity index (χ1) is 10.6. The van der Waals surface area contributed by atoms with Crippen LogP contribution >= 0.6 is 24.8 Å². The molecule has 24 heavy (non-hydrogen) atoms. The van der Waals surface area contributed by atoms with Gasteiger partial charge in [-0.15, -0.1) is 24.8 Å². The smallest absolute Gasteiger partial charge is 0.308 e. The van der Waals surface area contributed by atoms with Crippen molar-refractivity contribution in [2.24, 2.45) is 5.92 Å². The van der Waals surface area contributed by atoms with Gasteiger partial charge in [-0.3, -0.25) is 14.5 Å². The maximum atomic E-state index is 13.0. The van der Waals surface area contributed by atoms with E-state index in [1.165, 1.54) is 0 Å². The average molecular weight is 377 g/mol. The molecule has 0 radical (unpaired) electrons. The second-order valence-corrected chi connectivity index (χ2v) is 5.64. The normalized spacial score (nSPS) is 17.8. The Labute approximate surface area is 155 Å². The predicted octanol–water partition coefficient (Wildman–Crippen LogP) is 2.85. The molecule has 1 saturated heterocycles. The summed E-state index contributed by atoms with van der Waals surface area (Å²) in [6.07, 6.45) is 0.542. The monoisotopic (exact) mass is 376 g/mol. The highest BCUT2D eigenvalue weighted by Gasteiger charge is 2.36. The summed E-state index contributed by atoms with van der Waals surface area (Å²) in [5, 5.41) is 9.12. The molecule has 1 amide bonds. The van der Waals surface area contributed by atoms with Crippen LogP contribution in [0.25, 0.3) is 0 Å². The van der Waals surface area contributed by atoms with E-state index < -0.39 is 11.9 Å². The van der Waals surface area contributed by atoms with Crippen molar-refractivity contribution in [3.63, 3.8) is 0 Å². The van der Waals surface area contributed by atoms with Crippen LogP contribution in [0.1, 0.15) is 31.9 Å². The number of benzene rings is 1. The summed E-state index contributed by atoms with van der Waals surface area (Å²) >= 11 is 0. The SMILES string of the molecule is CCN(CC)C(C(=O)N1CCC(C(=O)O)C1)c1ccccc1.Cl.Cl. The first-order valence-electron chi connectivity index (χ1n) is 7.89. The summed E-state index contributed by atoms with van der Waals surface area (Å²) in [7, 11) is 0. The van der Waals surface area contributed by atoms with E-state index in [2.05, 4.69) is 4.90 Å². The van der Waals surface area contributed by atoms with Crippen LogP contribution in [0.3, 0.4) is 0 Å². The first kappa shape index (κ1) is 22.7. The number of nitrogens with zero attached hydrogens (tertiary/aromatic N) is 2. The Bertz CT molecular complexity index is 524. The summed E-state index contributed by atoms with van der Waals surface area (Å²) < 4.78 is 0. The Morgan fingerprint density at radius 2 is 1.79 bits per heavy atom. The van der Waals surface area contributed by atoms with E-state index >= 15 is 0 Å².